The predicted molar refractivity (Wildman–Crippen MR) is 111 cm³/mol. The number of hydrogen-bond acceptors (Lipinski definition) is 3. The second-order valence-corrected chi connectivity index (χ2v) is 8.03. The van der Waals surface area contributed by atoms with Crippen molar-refractivity contribution >= 4 is 56.0 Å². The van der Waals surface area contributed by atoms with E-state index >= 15 is 0 Å². The normalized spacial score (nSPS) is 10.4. The fraction of sp³-hybridized carbons (Fsp3) is 0. The van der Waals surface area contributed by atoms with Gasteiger partial charge in [-0.1, -0.05) is 35.6 Å². The maximum atomic E-state index is 13.4. The molecule has 2 aromatic heterocycles. The van der Waals surface area contributed by atoms with E-state index in [-0.39, 0.29) is 11.7 Å². The lowest BCUT2D eigenvalue weighted by atomic mass is 10.2. The third-order valence-corrected chi connectivity index (χ3v) is 6.21. The van der Waals surface area contributed by atoms with Gasteiger partial charge in [-0.3, -0.25) is 4.79 Å². The first-order valence-electron chi connectivity index (χ1n) is 7.94. The van der Waals surface area contributed by atoms with Crippen molar-refractivity contribution in [2.45, 2.75) is 0 Å². The van der Waals surface area contributed by atoms with E-state index < -0.39 is 0 Å². The molecule has 0 atom stereocenters. The molecule has 4 rings (SSSR count). The van der Waals surface area contributed by atoms with Crippen LogP contribution < -0.4 is 5.32 Å². The summed E-state index contributed by atoms with van der Waals surface area (Å²) in [5.41, 5.74) is 1.42. The molecule has 2 aromatic carbocycles. The number of hydrogen-bond donors (Lipinski definition) is 1. The Morgan fingerprint density at radius 1 is 1.07 bits per heavy atom. The van der Waals surface area contributed by atoms with Gasteiger partial charge in [-0.15, -0.1) is 22.7 Å². The van der Waals surface area contributed by atoms with Crippen LogP contribution in [0.1, 0.15) is 20.1 Å². The molecule has 0 aliphatic carbocycles. The van der Waals surface area contributed by atoms with Gasteiger partial charge in [0.25, 0.3) is 5.91 Å². The number of anilines is 1. The Kier molecular flexibility index (Phi) is 4.95. The molecule has 0 fully saturated rings. The number of thiophene rings is 2. The molecule has 0 aliphatic rings. The van der Waals surface area contributed by atoms with Gasteiger partial charge in [0.2, 0.25) is 0 Å². The minimum Gasteiger partial charge on any atom is -0.321 e. The Balaban J connectivity index is 1.58. The highest BCUT2D eigenvalue weighted by Gasteiger charge is 2.17. The Hall–Kier alpha value is -2.65. The number of benzene rings is 2. The second-order valence-electron chi connectivity index (χ2n) is 5.65. The van der Waals surface area contributed by atoms with E-state index in [1.807, 2.05) is 29.6 Å². The van der Waals surface area contributed by atoms with Crippen LogP contribution in [-0.2, 0) is 0 Å². The standard InChI is InChI=1S/C21H11ClFNOS2/c22-19-17-9-7-14(23)12-18(17)27-20(19)21(25)24-15-4-1-3-13(11-15)6-8-16-5-2-10-26-16/h1-5,7,9-12H,(H,24,25). The number of carbonyl (C=O) groups is 1. The molecule has 2 heterocycles. The summed E-state index contributed by atoms with van der Waals surface area (Å²) in [7, 11) is 0. The zero-order valence-corrected chi connectivity index (χ0v) is 16.1. The lowest BCUT2D eigenvalue weighted by Crippen LogP contribution is -2.10. The van der Waals surface area contributed by atoms with E-state index in [1.54, 1.807) is 29.5 Å². The third kappa shape index (κ3) is 3.88. The molecule has 6 heteroatoms. The number of rotatable bonds is 2. The molecule has 0 bridgehead atoms. The molecule has 0 radical (unpaired) electrons. The molecular weight excluding hydrogens is 401 g/mol. The van der Waals surface area contributed by atoms with Crippen LogP contribution in [0.4, 0.5) is 10.1 Å². The van der Waals surface area contributed by atoms with Crippen molar-refractivity contribution < 1.29 is 9.18 Å². The summed E-state index contributed by atoms with van der Waals surface area (Å²) in [5.74, 6) is 5.48. The number of nitrogens with one attached hydrogen (secondary N) is 1. The topological polar surface area (TPSA) is 29.1 Å². The van der Waals surface area contributed by atoms with Crippen LogP contribution in [0.3, 0.4) is 0 Å². The van der Waals surface area contributed by atoms with Gasteiger partial charge in [0.15, 0.2) is 0 Å². The van der Waals surface area contributed by atoms with Gasteiger partial charge in [-0.05, 0) is 47.8 Å². The summed E-state index contributed by atoms with van der Waals surface area (Å²) >= 11 is 9.06. The van der Waals surface area contributed by atoms with E-state index in [4.69, 9.17) is 11.6 Å². The van der Waals surface area contributed by atoms with E-state index in [9.17, 15) is 9.18 Å². The molecule has 2 nitrogen and oxygen atoms in total. The predicted octanol–water partition coefficient (Wildman–Crippen LogP) is 6.41. The maximum absolute atomic E-state index is 13.4. The largest absolute Gasteiger partial charge is 0.321 e. The average molecular weight is 412 g/mol. The second kappa shape index (κ2) is 7.53. The van der Waals surface area contributed by atoms with Gasteiger partial charge >= 0.3 is 0 Å². The lowest BCUT2D eigenvalue weighted by molar-refractivity contribution is 0.103. The molecule has 1 amide bonds. The van der Waals surface area contributed by atoms with Crippen LogP contribution >= 0.6 is 34.3 Å². The van der Waals surface area contributed by atoms with Crippen LogP contribution in [0.25, 0.3) is 10.1 Å². The molecule has 0 unspecified atom stereocenters. The van der Waals surface area contributed by atoms with Gasteiger partial charge in [-0.2, -0.15) is 0 Å². The summed E-state index contributed by atoms with van der Waals surface area (Å²) in [5, 5.41) is 5.81. The SMILES string of the molecule is O=C(Nc1cccc(C#Cc2cccs2)c1)c1sc2cc(F)ccc2c1Cl. The summed E-state index contributed by atoms with van der Waals surface area (Å²) in [4.78, 5) is 14.0. The monoisotopic (exact) mass is 411 g/mol. The highest BCUT2D eigenvalue weighted by molar-refractivity contribution is 7.21. The fourth-order valence-electron chi connectivity index (χ4n) is 2.53. The minimum atomic E-state index is -0.357. The van der Waals surface area contributed by atoms with E-state index in [0.717, 1.165) is 10.4 Å². The quantitative estimate of drug-likeness (QED) is 0.379. The van der Waals surface area contributed by atoms with Crippen molar-refractivity contribution in [2.75, 3.05) is 5.32 Å². The van der Waals surface area contributed by atoms with Crippen molar-refractivity contribution in [3.63, 3.8) is 0 Å². The Morgan fingerprint density at radius 3 is 2.78 bits per heavy atom. The van der Waals surface area contributed by atoms with Crippen LogP contribution in [-0.4, -0.2) is 5.91 Å². The summed E-state index contributed by atoms with van der Waals surface area (Å²) in [6.45, 7) is 0. The smallest absolute Gasteiger partial charge is 0.267 e. The van der Waals surface area contributed by atoms with E-state index in [2.05, 4.69) is 17.2 Å². The highest BCUT2D eigenvalue weighted by Crippen LogP contribution is 2.36. The van der Waals surface area contributed by atoms with Crippen molar-refractivity contribution in [2.24, 2.45) is 0 Å². The van der Waals surface area contributed by atoms with Crippen molar-refractivity contribution in [3.8, 4) is 11.8 Å². The molecule has 1 N–H and O–H groups in total. The van der Waals surface area contributed by atoms with E-state index in [0.29, 0.717) is 25.7 Å². The van der Waals surface area contributed by atoms with Crippen LogP contribution in [0.15, 0.2) is 60.0 Å². The van der Waals surface area contributed by atoms with Gasteiger partial charge in [0, 0.05) is 21.3 Å². The molecule has 0 saturated carbocycles. The van der Waals surface area contributed by atoms with E-state index in [1.165, 1.54) is 23.5 Å². The molecule has 0 spiro atoms. The Morgan fingerprint density at radius 2 is 1.96 bits per heavy atom. The molecule has 4 aromatic rings. The first kappa shape index (κ1) is 17.7. The van der Waals surface area contributed by atoms with Gasteiger partial charge in [-0.25, -0.2) is 4.39 Å². The zero-order valence-electron chi connectivity index (χ0n) is 13.8. The first-order chi connectivity index (χ1) is 13.1. The first-order valence-corrected chi connectivity index (χ1v) is 10.0. The lowest BCUT2D eigenvalue weighted by Gasteiger charge is -2.04. The number of amides is 1. The zero-order chi connectivity index (χ0) is 18.8. The molecule has 27 heavy (non-hydrogen) atoms. The van der Waals surface area contributed by atoms with Crippen molar-refractivity contribution in [1.82, 2.24) is 0 Å². The van der Waals surface area contributed by atoms with Crippen molar-refractivity contribution in [1.29, 1.82) is 0 Å². The van der Waals surface area contributed by atoms with Gasteiger partial charge in [0.1, 0.15) is 10.7 Å². The summed E-state index contributed by atoms with van der Waals surface area (Å²) < 4.78 is 14.0. The fourth-order valence-corrected chi connectivity index (χ4v) is 4.54. The maximum Gasteiger partial charge on any atom is 0.267 e. The third-order valence-electron chi connectivity index (χ3n) is 3.77. The Bertz CT molecular complexity index is 1200. The molecule has 0 saturated heterocycles. The highest BCUT2D eigenvalue weighted by atomic mass is 35.5. The minimum absolute atomic E-state index is 0.329. The van der Waals surface area contributed by atoms with Crippen LogP contribution in [0.5, 0.6) is 0 Å². The van der Waals surface area contributed by atoms with Gasteiger partial charge < -0.3 is 5.32 Å². The summed E-state index contributed by atoms with van der Waals surface area (Å²) in [6.07, 6.45) is 0. The Labute approximate surface area is 168 Å². The summed E-state index contributed by atoms with van der Waals surface area (Å²) in [6, 6.07) is 15.5. The molecule has 0 aliphatic heterocycles. The number of halogens is 2. The number of carbonyl (C=O) groups excluding carboxylic acids is 1. The molecular formula is C21H11ClFNOS2. The van der Waals surface area contributed by atoms with Crippen LogP contribution in [0.2, 0.25) is 5.02 Å². The van der Waals surface area contributed by atoms with Crippen LogP contribution in [0, 0.1) is 17.7 Å². The van der Waals surface area contributed by atoms with Gasteiger partial charge in [0.05, 0.1) is 9.90 Å². The molecule has 132 valence electrons. The van der Waals surface area contributed by atoms with Crippen molar-refractivity contribution in [3.05, 3.63) is 86.1 Å². The average Bonchev–Trinajstić information content (AvgIpc) is 3.28. The number of fused-ring (bicyclic) bond motifs is 1.